The summed E-state index contributed by atoms with van der Waals surface area (Å²) in [6.45, 7) is 0. The van der Waals surface area contributed by atoms with Crippen molar-refractivity contribution >= 4 is 45.0 Å². The molecule has 26 heavy (non-hydrogen) atoms. The van der Waals surface area contributed by atoms with Crippen molar-refractivity contribution in [1.82, 2.24) is 4.98 Å². The zero-order valence-corrected chi connectivity index (χ0v) is 15.3. The summed E-state index contributed by atoms with van der Waals surface area (Å²) in [6, 6.07) is 11.2. The van der Waals surface area contributed by atoms with Gasteiger partial charge in [0.2, 0.25) is 5.13 Å². The van der Waals surface area contributed by atoms with E-state index in [1.807, 2.05) is 29.6 Å². The molecular formula is C18H13N3O3S2. The topological polar surface area (TPSA) is 76.7 Å². The molecule has 6 nitrogen and oxygen atoms in total. The fraction of sp³-hybridized carbons (Fsp3) is 0.0556. The van der Waals surface area contributed by atoms with Crippen molar-refractivity contribution in [3.05, 3.63) is 62.5 Å². The summed E-state index contributed by atoms with van der Waals surface area (Å²) >= 11 is 2.96. The molecule has 0 saturated heterocycles. The van der Waals surface area contributed by atoms with Gasteiger partial charge < -0.3 is 9.15 Å². The van der Waals surface area contributed by atoms with Crippen molar-refractivity contribution in [3.63, 3.8) is 0 Å². The van der Waals surface area contributed by atoms with Gasteiger partial charge >= 0.3 is 5.63 Å². The molecule has 130 valence electrons. The van der Waals surface area contributed by atoms with Gasteiger partial charge in [-0.05, 0) is 23.6 Å². The molecule has 0 spiro atoms. The van der Waals surface area contributed by atoms with E-state index < -0.39 is 5.63 Å². The first kappa shape index (κ1) is 16.5. The Morgan fingerprint density at radius 3 is 3.00 bits per heavy atom. The maximum Gasteiger partial charge on any atom is 0.345 e. The number of hydrogen-bond acceptors (Lipinski definition) is 8. The maximum atomic E-state index is 12.4. The highest BCUT2D eigenvalue weighted by molar-refractivity contribution is 7.14. The van der Waals surface area contributed by atoms with Crippen LogP contribution in [0.4, 0.5) is 5.13 Å². The Hall–Kier alpha value is -2.97. The molecule has 0 aliphatic rings. The van der Waals surface area contributed by atoms with E-state index in [2.05, 4.69) is 15.5 Å². The number of aromatic nitrogens is 1. The van der Waals surface area contributed by atoms with Crippen LogP contribution in [0.5, 0.6) is 5.75 Å². The number of thiazole rings is 1. The van der Waals surface area contributed by atoms with Crippen molar-refractivity contribution in [1.29, 1.82) is 0 Å². The highest BCUT2D eigenvalue weighted by Gasteiger charge is 2.13. The smallest absolute Gasteiger partial charge is 0.345 e. The predicted octanol–water partition coefficient (Wildman–Crippen LogP) is 4.43. The van der Waals surface area contributed by atoms with Crippen LogP contribution in [0.2, 0.25) is 0 Å². The molecule has 0 saturated carbocycles. The first-order valence-corrected chi connectivity index (χ1v) is 9.40. The molecule has 1 N–H and O–H groups in total. The lowest BCUT2D eigenvalue weighted by Gasteiger charge is -2.04. The molecule has 0 unspecified atom stereocenters. The highest BCUT2D eigenvalue weighted by atomic mass is 32.1. The largest absolute Gasteiger partial charge is 0.493 e. The number of rotatable bonds is 5. The van der Waals surface area contributed by atoms with Crippen LogP contribution in [-0.2, 0) is 0 Å². The van der Waals surface area contributed by atoms with Gasteiger partial charge in [-0.15, -0.1) is 22.7 Å². The van der Waals surface area contributed by atoms with Gasteiger partial charge in [-0.2, -0.15) is 5.10 Å². The maximum absolute atomic E-state index is 12.4. The molecule has 1 aromatic carbocycles. The monoisotopic (exact) mass is 383 g/mol. The van der Waals surface area contributed by atoms with E-state index in [1.165, 1.54) is 18.4 Å². The number of anilines is 1. The quantitative estimate of drug-likeness (QED) is 0.313. The molecule has 3 heterocycles. The van der Waals surface area contributed by atoms with Gasteiger partial charge in [0.05, 0.1) is 24.6 Å². The SMILES string of the molecule is COc1cccc2cc(-c3csc(N/N=C/c4cccs4)n3)c(=O)oc12. The number of benzene rings is 1. The van der Waals surface area contributed by atoms with Crippen molar-refractivity contribution in [2.75, 3.05) is 12.5 Å². The van der Waals surface area contributed by atoms with Crippen molar-refractivity contribution in [2.24, 2.45) is 5.10 Å². The molecule has 0 aliphatic heterocycles. The molecule has 0 fully saturated rings. The minimum absolute atomic E-state index is 0.400. The molecule has 0 amide bonds. The predicted molar refractivity (Wildman–Crippen MR) is 106 cm³/mol. The second-order valence-electron chi connectivity index (χ2n) is 5.25. The van der Waals surface area contributed by atoms with Crippen LogP contribution in [-0.4, -0.2) is 18.3 Å². The summed E-state index contributed by atoms with van der Waals surface area (Å²) in [7, 11) is 1.54. The number of hydrazone groups is 1. The van der Waals surface area contributed by atoms with Crippen LogP contribution in [0.15, 0.2) is 61.5 Å². The molecular weight excluding hydrogens is 370 g/mol. The van der Waals surface area contributed by atoms with E-state index in [9.17, 15) is 4.79 Å². The Labute approximate surface area is 156 Å². The summed E-state index contributed by atoms with van der Waals surface area (Å²) in [4.78, 5) is 17.8. The number of ether oxygens (including phenoxy) is 1. The molecule has 0 atom stereocenters. The lowest BCUT2D eigenvalue weighted by atomic mass is 10.1. The third-order valence-corrected chi connectivity index (χ3v) is 5.17. The van der Waals surface area contributed by atoms with Crippen LogP contribution in [0.3, 0.4) is 0 Å². The van der Waals surface area contributed by atoms with Crippen molar-refractivity contribution in [3.8, 4) is 17.0 Å². The molecule has 4 aromatic rings. The Kier molecular flexibility index (Phi) is 4.51. The zero-order chi connectivity index (χ0) is 17.9. The second kappa shape index (κ2) is 7.11. The second-order valence-corrected chi connectivity index (χ2v) is 7.09. The van der Waals surface area contributed by atoms with Gasteiger partial charge in [0, 0.05) is 15.6 Å². The number of fused-ring (bicyclic) bond motifs is 1. The third-order valence-electron chi connectivity index (χ3n) is 3.62. The average molecular weight is 383 g/mol. The van der Waals surface area contributed by atoms with Crippen LogP contribution < -0.4 is 15.8 Å². The molecule has 8 heteroatoms. The van der Waals surface area contributed by atoms with E-state index in [-0.39, 0.29) is 0 Å². The number of methoxy groups -OCH3 is 1. The normalized spacial score (nSPS) is 11.3. The van der Waals surface area contributed by atoms with Gasteiger partial charge in [0.25, 0.3) is 0 Å². The van der Waals surface area contributed by atoms with Gasteiger partial charge in [-0.1, -0.05) is 18.2 Å². The lowest BCUT2D eigenvalue weighted by Crippen LogP contribution is -2.03. The number of nitrogens with zero attached hydrogens (tertiary/aromatic N) is 2. The first-order valence-electron chi connectivity index (χ1n) is 7.64. The number of para-hydroxylation sites is 1. The standard InChI is InChI=1S/C18H13N3O3S2/c1-23-15-6-2-4-11-8-13(17(22)24-16(11)15)14-10-26-18(20-14)21-19-9-12-5-3-7-25-12/h2-10H,1H3,(H,20,21)/b19-9+. The molecule has 0 radical (unpaired) electrons. The van der Waals surface area contributed by atoms with E-state index >= 15 is 0 Å². The first-order chi connectivity index (χ1) is 12.7. The van der Waals surface area contributed by atoms with E-state index in [0.29, 0.717) is 27.7 Å². The highest BCUT2D eigenvalue weighted by Crippen LogP contribution is 2.29. The average Bonchev–Trinajstić information content (AvgIpc) is 3.33. The lowest BCUT2D eigenvalue weighted by molar-refractivity contribution is 0.407. The Morgan fingerprint density at radius 2 is 2.19 bits per heavy atom. The van der Waals surface area contributed by atoms with Crippen LogP contribution in [0.1, 0.15) is 4.88 Å². The summed E-state index contributed by atoms with van der Waals surface area (Å²) in [5.74, 6) is 0.523. The van der Waals surface area contributed by atoms with Crippen molar-refractivity contribution < 1.29 is 9.15 Å². The Morgan fingerprint density at radius 1 is 1.27 bits per heavy atom. The van der Waals surface area contributed by atoms with Crippen LogP contribution in [0.25, 0.3) is 22.2 Å². The summed E-state index contributed by atoms with van der Waals surface area (Å²) < 4.78 is 10.7. The van der Waals surface area contributed by atoms with Crippen LogP contribution in [0, 0.1) is 0 Å². The number of thiophene rings is 1. The van der Waals surface area contributed by atoms with Gasteiger partial charge in [0.15, 0.2) is 11.3 Å². The minimum Gasteiger partial charge on any atom is -0.493 e. The molecule has 0 aliphatic carbocycles. The summed E-state index contributed by atoms with van der Waals surface area (Å²) in [5.41, 5.74) is 3.79. The van der Waals surface area contributed by atoms with Gasteiger partial charge in [0.1, 0.15) is 0 Å². The van der Waals surface area contributed by atoms with Gasteiger partial charge in [-0.25, -0.2) is 9.78 Å². The fourth-order valence-electron chi connectivity index (χ4n) is 2.42. The molecule has 4 rings (SSSR count). The van der Waals surface area contributed by atoms with E-state index in [0.717, 1.165) is 10.3 Å². The Balaban J connectivity index is 1.63. The Bertz CT molecular complexity index is 1130. The fourth-order valence-corrected chi connectivity index (χ4v) is 3.67. The number of hydrogen-bond donors (Lipinski definition) is 1. The van der Waals surface area contributed by atoms with E-state index in [4.69, 9.17) is 9.15 Å². The number of nitrogens with one attached hydrogen (secondary N) is 1. The summed E-state index contributed by atoms with van der Waals surface area (Å²) in [6.07, 6.45) is 1.72. The molecule has 3 aromatic heterocycles. The van der Waals surface area contributed by atoms with Crippen LogP contribution >= 0.6 is 22.7 Å². The third kappa shape index (κ3) is 3.24. The van der Waals surface area contributed by atoms with Crippen molar-refractivity contribution in [2.45, 2.75) is 0 Å². The van der Waals surface area contributed by atoms with E-state index in [1.54, 1.807) is 35.1 Å². The minimum atomic E-state index is -0.457. The molecule has 0 bridgehead atoms. The summed E-state index contributed by atoms with van der Waals surface area (Å²) in [5, 5.41) is 9.30. The zero-order valence-electron chi connectivity index (χ0n) is 13.6. The van der Waals surface area contributed by atoms with Gasteiger partial charge in [-0.3, -0.25) is 5.43 Å².